The standard InChI is InChI=1S/C13H25NO3/c1-6-10(4)8-12(15)14-11(7-9(2)3)13(16)17-5/h9-11H,6-8H2,1-5H3,(H,14,15). The first-order chi connectivity index (χ1) is 7.90. The molecule has 2 atom stereocenters. The molecule has 1 amide bonds. The van der Waals surface area contributed by atoms with Crippen molar-refractivity contribution in [1.29, 1.82) is 0 Å². The smallest absolute Gasteiger partial charge is 0.328 e. The normalized spacial score (nSPS) is 14.2. The minimum absolute atomic E-state index is 0.0737. The molecule has 17 heavy (non-hydrogen) atoms. The van der Waals surface area contributed by atoms with Gasteiger partial charge >= 0.3 is 5.97 Å². The van der Waals surface area contributed by atoms with Crippen molar-refractivity contribution >= 4 is 11.9 Å². The summed E-state index contributed by atoms with van der Waals surface area (Å²) in [5.41, 5.74) is 0. The van der Waals surface area contributed by atoms with Crippen molar-refractivity contribution in [3.63, 3.8) is 0 Å². The van der Waals surface area contributed by atoms with E-state index in [1.165, 1.54) is 7.11 Å². The quantitative estimate of drug-likeness (QED) is 0.697. The maximum atomic E-state index is 11.7. The zero-order chi connectivity index (χ0) is 13.4. The highest BCUT2D eigenvalue weighted by Crippen LogP contribution is 2.09. The maximum Gasteiger partial charge on any atom is 0.328 e. The molecular formula is C13H25NO3. The van der Waals surface area contributed by atoms with E-state index in [-0.39, 0.29) is 11.9 Å². The number of carbonyl (C=O) groups is 2. The second-order valence-electron chi connectivity index (χ2n) is 4.99. The zero-order valence-corrected chi connectivity index (χ0v) is 11.6. The molecule has 0 bridgehead atoms. The van der Waals surface area contributed by atoms with E-state index in [4.69, 9.17) is 4.74 Å². The third-order valence-corrected chi connectivity index (χ3v) is 2.76. The summed E-state index contributed by atoms with van der Waals surface area (Å²) in [5, 5.41) is 2.75. The van der Waals surface area contributed by atoms with Gasteiger partial charge in [-0.05, 0) is 18.3 Å². The third kappa shape index (κ3) is 6.97. The van der Waals surface area contributed by atoms with Crippen LogP contribution in [0, 0.1) is 11.8 Å². The number of esters is 1. The summed E-state index contributed by atoms with van der Waals surface area (Å²) in [6.07, 6.45) is 2.03. The van der Waals surface area contributed by atoms with E-state index in [2.05, 4.69) is 5.32 Å². The van der Waals surface area contributed by atoms with Crippen LogP contribution in [-0.4, -0.2) is 25.0 Å². The van der Waals surface area contributed by atoms with Gasteiger partial charge in [-0.2, -0.15) is 0 Å². The van der Waals surface area contributed by atoms with Gasteiger partial charge in [0.2, 0.25) is 5.91 Å². The van der Waals surface area contributed by atoms with Crippen LogP contribution < -0.4 is 5.32 Å². The van der Waals surface area contributed by atoms with Crippen LogP contribution >= 0.6 is 0 Å². The lowest BCUT2D eigenvalue weighted by molar-refractivity contribution is -0.145. The molecule has 100 valence electrons. The molecule has 2 unspecified atom stereocenters. The Morgan fingerprint density at radius 1 is 1.24 bits per heavy atom. The average molecular weight is 243 g/mol. The Morgan fingerprint density at radius 2 is 1.82 bits per heavy atom. The van der Waals surface area contributed by atoms with Gasteiger partial charge < -0.3 is 10.1 Å². The van der Waals surface area contributed by atoms with E-state index < -0.39 is 6.04 Å². The topological polar surface area (TPSA) is 55.4 Å². The average Bonchev–Trinajstić information content (AvgIpc) is 2.26. The van der Waals surface area contributed by atoms with Crippen LogP contribution in [0.4, 0.5) is 0 Å². The first kappa shape index (κ1) is 15.9. The monoisotopic (exact) mass is 243 g/mol. The number of hydrogen-bond acceptors (Lipinski definition) is 3. The van der Waals surface area contributed by atoms with E-state index in [0.717, 1.165) is 6.42 Å². The number of rotatable bonds is 7. The van der Waals surface area contributed by atoms with Gasteiger partial charge in [0.25, 0.3) is 0 Å². The van der Waals surface area contributed by atoms with E-state index in [9.17, 15) is 9.59 Å². The molecule has 0 aromatic carbocycles. The summed E-state index contributed by atoms with van der Waals surface area (Å²) < 4.78 is 4.69. The second kappa shape index (κ2) is 8.09. The zero-order valence-electron chi connectivity index (χ0n) is 11.6. The Labute approximate surface area is 104 Å². The van der Waals surface area contributed by atoms with Crippen molar-refractivity contribution in [2.24, 2.45) is 11.8 Å². The van der Waals surface area contributed by atoms with Crippen molar-refractivity contribution < 1.29 is 14.3 Å². The van der Waals surface area contributed by atoms with Gasteiger partial charge in [-0.3, -0.25) is 4.79 Å². The molecule has 0 aliphatic rings. The number of hydrogen-bond donors (Lipinski definition) is 1. The lowest BCUT2D eigenvalue weighted by Gasteiger charge is -2.19. The fraction of sp³-hybridized carbons (Fsp3) is 0.846. The van der Waals surface area contributed by atoms with Gasteiger partial charge in [0.15, 0.2) is 0 Å². The minimum atomic E-state index is -0.517. The van der Waals surface area contributed by atoms with E-state index in [1.54, 1.807) is 0 Å². The van der Waals surface area contributed by atoms with Gasteiger partial charge in [0.05, 0.1) is 7.11 Å². The van der Waals surface area contributed by atoms with Crippen LogP contribution in [0.2, 0.25) is 0 Å². The van der Waals surface area contributed by atoms with Crippen LogP contribution in [0.1, 0.15) is 47.0 Å². The van der Waals surface area contributed by atoms with Crippen LogP contribution in [0.25, 0.3) is 0 Å². The number of carbonyl (C=O) groups excluding carboxylic acids is 2. The highest BCUT2D eigenvalue weighted by atomic mass is 16.5. The van der Waals surface area contributed by atoms with Gasteiger partial charge in [-0.1, -0.05) is 34.1 Å². The Bertz CT molecular complexity index is 251. The molecule has 0 spiro atoms. The van der Waals surface area contributed by atoms with E-state index in [0.29, 0.717) is 24.7 Å². The Morgan fingerprint density at radius 3 is 2.24 bits per heavy atom. The number of nitrogens with one attached hydrogen (secondary N) is 1. The summed E-state index contributed by atoms with van der Waals surface area (Å²) in [5.74, 6) is 0.238. The Kier molecular flexibility index (Phi) is 7.59. The molecule has 4 heteroatoms. The number of ether oxygens (including phenoxy) is 1. The van der Waals surface area contributed by atoms with Crippen LogP contribution in [0.3, 0.4) is 0 Å². The summed E-state index contributed by atoms with van der Waals surface area (Å²) in [6, 6.07) is -0.517. The van der Waals surface area contributed by atoms with Gasteiger partial charge in [-0.15, -0.1) is 0 Å². The molecule has 0 fully saturated rings. The Balaban J connectivity index is 4.32. The molecule has 4 nitrogen and oxygen atoms in total. The first-order valence-electron chi connectivity index (χ1n) is 6.27. The summed E-state index contributed by atoms with van der Waals surface area (Å²) >= 11 is 0. The molecule has 0 aromatic rings. The molecule has 0 aliphatic carbocycles. The molecule has 0 saturated heterocycles. The first-order valence-corrected chi connectivity index (χ1v) is 6.27. The Hall–Kier alpha value is -1.06. The SMILES string of the molecule is CCC(C)CC(=O)NC(CC(C)C)C(=O)OC. The highest BCUT2D eigenvalue weighted by Gasteiger charge is 2.22. The van der Waals surface area contributed by atoms with Crippen molar-refractivity contribution in [1.82, 2.24) is 5.32 Å². The molecular weight excluding hydrogens is 218 g/mol. The number of methoxy groups -OCH3 is 1. The lowest BCUT2D eigenvalue weighted by Crippen LogP contribution is -2.42. The summed E-state index contributed by atoms with van der Waals surface area (Å²) in [6.45, 7) is 8.09. The van der Waals surface area contributed by atoms with Crippen molar-refractivity contribution in [3.8, 4) is 0 Å². The maximum absolute atomic E-state index is 11.7. The van der Waals surface area contributed by atoms with Crippen molar-refractivity contribution in [3.05, 3.63) is 0 Å². The van der Waals surface area contributed by atoms with Gasteiger partial charge in [0.1, 0.15) is 6.04 Å². The number of amides is 1. The third-order valence-electron chi connectivity index (χ3n) is 2.76. The second-order valence-corrected chi connectivity index (χ2v) is 4.99. The molecule has 1 N–H and O–H groups in total. The van der Waals surface area contributed by atoms with Gasteiger partial charge in [0, 0.05) is 6.42 Å². The molecule has 0 heterocycles. The van der Waals surface area contributed by atoms with Crippen LogP contribution in [0.5, 0.6) is 0 Å². The fourth-order valence-electron chi connectivity index (χ4n) is 1.54. The summed E-state index contributed by atoms with van der Waals surface area (Å²) in [7, 11) is 1.34. The van der Waals surface area contributed by atoms with E-state index >= 15 is 0 Å². The largest absolute Gasteiger partial charge is 0.467 e. The fourth-order valence-corrected chi connectivity index (χ4v) is 1.54. The predicted molar refractivity (Wildman–Crippen MR) is 67.5 cm³/mol. The van der Waals surface area contributed by atoms with Crippen LogP contribution in [0.15, 0.2) is 0 Å². The molecule has 0 radical (unpaired) electrons. The van der Waals surface area contributed by atoms with E-state index in [1.807, 2.05) is 27.7 Å². The predicted octanol–water partition coefficient (Wildman–Crippen LogP) is 2.13. The highest BCUT2D eigenvalue weighted by molar-refractivity contribution is 5.84. The minimum Gasteiger partial charge on any atom is -0.467 e. The molecule has 0 rings (SSSR count). The lowest BCUT2D eigenvalue weighted by atomic mass is 10.0. The summed E-state index contributed by atoms with van der Waals surface area (Å²) in [4.78, 5) is 23.2. The van der Waals surface area contributed by atoms with Crippen LogP contribution in [-0.2, 0) is 14.3 Å². The van der Waals surface area contributed by atoms with Crippen molar-refractivity contribution in [2.45, 2.75) is 53.0 Å². The van der Waals surface area contributed by atoms with Gasteiger partial charge in [-0.25, -0.2) is 4.79 Å². The molecule has 0 aliphatic heterocycles. The van der Waals surface area contributed by atoms with Crippen molar-refractivity contribution in [2.75, 3.05) is 7.11 Å². The molecule has 0 aromatic heterocycles. The molecule has 0 saturated carbocycles.